The van der Waals surface area contributed by atoms with E-state index in [1.807, 2.05) is 6.07 Å². The molecule has 0 radical (unpaired) electrons. The van der Waals surface area contributed by atoms with Gasteiger partial charge in [-0.1, -0.05) is 19.8 Å². The van der Waals surface area contributed by atoms with E-state index in [2.05, 4.69) is 21.8 Å². The fourth-order valence-corrected chi connectivity index (χ4v) is 3.50. The van der Waals surface area contributed by atoms with Gasteiger partial charge in [0.05, 0.1) is 0 Å². The van der Waals surface area contributed by atoms with Gasteiger partial charge in [0.15, 0.2) is 0 Å². The molecule has 1 aliphatic heterocycles. The van der Waals surface area contributed by atoms with Gasteiger partial charge < -0.3 is 10.6 Å². The van der Waals surface area contributed by atoms with Gasteiger partial charge in [-0.25, -0.2) is 9.97 Å². The SMILES string of the molecule is CCc1nc(N)cc(N2CCC3CCCCC32)n1. The summed E-state index contributed by atoms with van der Waals surface area (Å²) in [6.45, 7) is 3.21. The minimum atomic E-state index is 0.608. The Labute approximate surface area is 109 Å². The molecule has 1 aromatic rings. The highest BCUT2D eigenvalue weighted by Crippen LogP contribution is 2.38. The number of aromatic nitrogens is 2. The fourth-order valence-electron chi connectivity index (χ4n) is 3.50. The highest BCUT2D eigenvalue weighted by Gasteiger charge is 2.36. The summed E-state index contributed by atoms with van der Waals surface area (Å²) in [4.78, 5) is 11.4. The lowest BCUT2D eigenvalue weighted by molar-refractivity contribution is 0.341. The van der Waals surface area contributed by atoms with E-state index in [1.54, 1.807) is 0 Å². The van der Waals surface area contributed by atoms with Gasteiger partial charge >= 0.3 is 0 Å². The number of aryl methyl sites for hydroxylation is 1. The highest BCUT2D eigenvalue weighted by molar-refractivity contribution is 5.49. The smallest absolute Gasteiger partial charge is 0.134 e. The second-order valence-corrected chi connectivity index (χ2v) is 5.51. The van der Waals surface area contributed by atoms with Crippen LogP contribution in [0, 0.1) is 5.92 Å². The van der Waals surface area contributed by atoms with Crippen molar-refractivity contribution in [2.75, 3.05) is 17.2 Å². The number of hydrogen-bond donors (Lipinski definition) is 1. The van der Waals surface area contributed by atoms with Gasteiger partial charge in [-0.05, 0) is 25.2 Å². The lowest BCUT2D eigenvalue weighted by Crippen LogP contribution is -2.35. The summed E-state index contributed by atoms with van der Waals surface area (Å²) >= 11 is 0. The molecule has 1 aliphatic carbocycles. The van der Waals surface area contributed by atoms with Crippen molar-refractivity contribution in [1.29, 1.82) is 0 Å². The molecule has 98 valence electrons. The predicted octanol–water partition coefficient (Wildman–Crippen LogP) is 2.39. The summed E-state index contributed by atoms with van der Waals surface area (Å²) < 4.78 is 0. The van der Waals surface area contributed by atoms with Crippen molar-refractivity contribution in [3.05, 3.63) is 11.9 Å². The van der Waals surface area contributed by atoms with Crippen molar-refractivity contribution in [1.82, 2.24) is 9.97 Å². The molecule has 1 saturated carbocycles. The van der Waals surface area contributed by atoms with Gasteiger partial charge in [-0.3, -0.25) is 0 Å². The first-order chi connectivity index (χ1) is 8.78. The summed E-state index contributed by atoms with van der Waals surface area (Å²) in [5.41, 5.74) is 5.89. The van der Waals surface area contributed by atoms with Crippen LogP contribution in [0.25, 0.3) is 0 Å². The Hall–Kier alpha value is -1.32. The maximum Gasteiger partial charge on any atom is 0.134 e. The second-order valence-electron chi connectivity index (χ2n) is 5.51. The molecule has 0 spiro atoms. The van der Waals surface area contributed by atoms with Crippen LogP contribution in [-0.4, -0.2) is 22.6 Å². The van der Waals surface area contributed by atoms with E-state index in [9.17, 15) is 0 Å². The van der Waals surface area contributed by atoms with Crippen molar-refractivity contribution in [2.45, 2.75) is 51.5 Å². The van der Waals surface area contributed by atoms with Crippen LogP contribution < -0.4 is 10.6 Å². The molecule has 2 aliphatic rings. The first-order valence-electron chi connectivity index (χ1n) is 7.18. The van der Waals surface area contributed by atoms with E-state index in [4.69, 9.17) is 5.73 Å². The van der Waals surface area contributed by atoms with Crippen LogP contribution in [0.3, 0.4) is 0 Å². The Morgan fingerprint density at radius 2 is 2.11 bits per heavy atom. The fraction of sp³-hybridized carbons (Fsp3) is 0.714. The Morgan fingerprint density at radius 3 is 2.94 bits per heavy atom. The van der Waals surface area contributed by atoms with Crippen LogP contribution in [0.15, 0.2) is 6.07 Å². The Bertz CT molecular complexity index is 432. The van der Waals surface area contributed by atoms with Gasteiger partial charge in [-0.2, -0.15) is 0 Å². The average Bonchev–Trinajstić information content (AvgIpc) is 2.81. The summed E-state index contributed by atoms with van der Waals surface area (Å²) in [5, 5.41) is 0. The second kappa shape index (κ2) is 4.75. The van der Waals surface area contributed by atoms with Crippen LogP contribution in [0.5, 0.6) is 0 Å². The zero-order valence-corrected chi connectivity index (χ0v) is 11.1. The first kappa shape index (κ1) is 11.8. The Morgan fingerprint density at radius 1 is 1.28 bits per heavy atom. The summed E-state index contributed by atoms with van der Waals surface area (Å²) in [6.07, 6.45) is 7.63. The van der Waals surface area contributed by atoms with Gasteiger partial charge in [0.25, 0.3) is 0 Å². The number of nitrogens with two attached hydrogens (primary N) is 1. The standard InChI is InChI=1S/C14H22N4/c1-2-13-16-12(15)9-14(17-13)18-8-7-10-5-3-4-6-11(10)18/h9-11H,2-8H2,1H3,(H2,15,16,17). The zero-order chi connectivity index (χ0) is 12.5. The van der Waals surface area contributed by atoms with E-state index in [0.717, 1.165) is 30.5 Å². The van der Waals surface area contributed by atoms with Crippen molar-refractivity contribution in [2.24, 2.45) is 5.92 Å². The topological polar surface area (TPSA) is 55.0 Å². The summed E-state index contributed by atoms with van der Waals surface area (Å²) in [6, 6.07) is 2.63. The average molecular weight is 246 g/mol. The van der Waals surface area contributed by atoms with Crippen LogP contribution in [0.2, 0.25) is 0 Å². The van der Waals surface area contributed by atoms with Crippen molar-refractivity contribution in [3.63, 3.8) is 0 Å². The quantitative estimate of drug-likeness (QED) is 0.870. The van der Waals surface area contributed by atoms with Crippen molar-refractivity contribution >= 4 is 11.6 Å². The van der Waals surface area contributed by atoms with Gasteiger partial charge in [0, 0.05) is 25.1 Å². The molecule has 18 heavy (non-hydrogen) atoms. The molecular weight excluding hydrogens is 224 g/mol. The molecule has 1 saturated heterocycles. The monoisotopic (exact) mass is 246 g/mol. The maximum atomic E-state index is 5.89. The molecule has 4 nitrogen and oxygen atoms in total. The number of rotatable bonds is 2. The maximum absolute atomic E-state index is 5.89. The molecule has 1 aromatic heterocycles. The minimum Gasteiger partial charge on any atom is -0.384 e. The van der Waals surface area contributed by atoms with E-state index in [1.165, 1.54) is 32.1 Å². The minimum absolute atomic E-state index is 0.608. The summed E-state index contributed by atoms with van der Waals surface area (Å²) in [7, 11) is 0. The van der Waals surface area contributed by atoms with Crippen LogP contribution in [0.1, 0.15) is 44.9 Å². The molecule has 0 bridgehead atoms. The molecule has 2 fully saturated rings. The summed E-state index contributed by atoms with van der Waals surface area (Å²) in [5.74, 6) is 3.40. The normalized spacial score (nSPS) is 27.3. The third kappa shape index (κ3) is 2.04. The van der Waals surface area contributed by atoms with E-state index in [0.29, 0.717) is 11.9 Å². The molecule has 3 rings (SSSR count). The van der Waals surface area contributed by atoms with Crippen molar-refractivity contribution in [3.8, 4) is 0 Å². The number of hydrogen-bond acceptors (Lipinski definition) is 4. The number of fused-ring (bicyclic) bond motifs is 1. The Balaban J connectivity index is 1.88. The molecule has 4 heteroatoms. The van der Waals surface area contributed by atoms with Crippen LogP contribution in [0.4, 0.5) is 11.6 Å². The predicted molar refractivity (Wildman–Crippen MR) is 73.5 cm³/mol. The van der Waals surface area contributed by atoms with Crippen molar-refractivity contribution < 1.29 is 0 Å². The Kier molecular flexibility index (Phi) is 3.10. The van der Waals surface area contributed by atoms with Crippen LogP contribution in [-0.2, 0) is 6.42 Å². The third-order valence-corrected chi connectivity index (χ3v) is 4.40. The molecule has 2 unspecified atom stereocenters. The highest BCUT2D eigenvalue weighted by atomic mass is 15.2. The van der Waals surface area contributed by atoms with E-state index < -0.39 is 0 Å². The molecular formula is C14H22N4. The van der Waals surface area contributed by atoms with E-state index >= 15 is 0 Å². The largest absolute Gasteiger partial charge is 0.384 e. The number of nitrogen functional groups attached to an aromatic ring is 1. The van der Waals surface area contributed by atoms with Crippen LogP contribution >= 0.6 is 0 Å². The lowest BCUT2D eigenvalue weighted by atomic mass is 9.85. The molecule has 0 amide bonds. The van der Waals surface area contributed by atoms with Gasteiger partial charge in [-0.15, -0.1) is 0 Å². The molecule has 2 heterocycles. The van der Waals surface area contributed by atoms with Gasteiger partial charge in [0.1, 0.15) is 17.5 Å². The zero-order valence-electron chi connectivity index (χ0n) is 11.1. The molecule has 0 aromatic carbocycles. The third-order valence-electron chi connectivity index (χ3n) is 4.40. The lowest BCUT2D eigenvalue weighted by Gasteiger charge is -2.32. The van der Waals surface area contributed by atoms with Gasteiger partial charge in [0.2, 0.25) is 0 Å². The molecule has 2 N–H and O–H groups in total. The number of nitrogens with zero attached hydrogens (tertiary/aromatic N) is 3. The molecule has 2 atom stereocenters. The van der Waals surface area contributed by atoms with E-state index in [-0.39, 0.29) is 0 Å². The first-order valence-corrected chi connectivity index (χ1v) is 7.18. The number of anilines is 2.